The number of aromatic nitrogens is 2. The number of sulfonamides is 1. The standard InChI is InChI=1S/C20H25N5O4S2/c26-19(14-6-7-14)24-8-2-3-15(13-24)20(27)23-9-11-25(12-10-23)31(28,29)17-5-1-4-16-18(17)22-30-21-16/h1,4-5,14-15H,2-3,6-13H2. The molecule has 1 aliphatic carbocycles. The van der Waals surface area contributed by atoms with Crippen molar-refractivity contribution in [2.24, 2.45) is 11.8 Å². The Bertz CT molecular complexity index is 1110. The van der Waals surface area contributed by atoms with Crippen molar-refractivity contribution in [2.75, 3.05) is 39.3 Å². The first kappa shape index (κ1) is 20.8. The number of fused-ring (bicyclic) bond motifs is 1. The number of nitrogens with zero attached hydrogens (tertiary/aromatic N) is 5. The van der Waals surface area contributed by atoms with Crippen molar-refractivity contribution in [1.82, 2.24) is 22.9 Å². The van der Waals surface area contributed by atoms with E-state index < -0.39 is 10.0 Å². The molecule has 3 aliphatic rings. The minimum atomic E-state index is -3.71. The third-order valence-corrected chi connectivity index (χ3v) is 8.90. The molecule has 31 heavy (non-hydrogen) atoms. The van der Waals surface area contributed by atoms with Crippen LogP contribution in [0, 0.1) is 11.8 Å². The molecule has 11 heteroatoms. The molecule has 2 aliphatic heterocycles. The second kappa shape index (κ2) is 8.10. The lowest BCUT2D eigenvalue weighted by Gasteiger charge is -2.38. The highest BCUT2D eigenvalue weighted by molar-refractivity contribution is 7.89. The first-order valence-electron chi connectivity index (χ1n) is 10.7. The molecule has 2 aromatic rings. The van der Waals surface area contributed by atoms with Crippen LogP contribution in [0.3, 0.4) is 0 Å². The maximum Gasteiger partial charge on any atom is 0.245 e. The molecular formula is C20H25N5O4S2. The molecule has 3 heterocycles. The van der Waals surface area contributed by atoms with Crippen LogP contribution in [-0.2, 0) is 19.6 Å². The lowest BCUT2D eigenvalue weighted by Crippen LogP contribution is -2.54. The number of benzene rings is 1. The Morgan fingerprint density at radius 1 is 0.903 bits per heavy atom. The SMILES string of the molecule is O=C(C1CCCN(C(=O)C2CC2)C1)N1CCN(S(=O)(=O)c2cccc3nsnc23)CC1. The van der Waals surface area contributed by atoms with Crippen LogP contribution in [0.1, 0.15) is 25.7 Å². The van der Waals surface area contributed by atoms with Gasteiger partial charge in [0, 0.05) is 45.2 Å². The predicted molar refractivity (Wildman–Crippen MR) is 115 cm³/mol. The molecule has 1 saturated carbocycles. The summed E-state index contributed by atoms with van der Waals surface area (Å²) in [6, 6.07) is 4.98. The molecule has 1 unspecified atom stereocenters. The van der Waals surface area contributed by atoms with Gasteiger partial charge in [-0.05, 0) is 37.8 Å². The van der Waals surface area contributed by atoms with Crippen molar-refractivity contribution in [2.45, 2.75) is 30.6 Å². The monoisotopic (exact) mass is 463 g/mol. The minimum Gasteiger partial charge on any atom is -0.342 e. The average molecular weight is 464 g/mol. The van der Waals surface area contributed by atoms with E-state index in [1.54, 1.807) is 23.1 Å². The van der Waals surface area contributed by atoms with E-state index in [9.17, 15) is 18.0 Å². The summed E-state index contributed by atoms with van der Waals surface area (Å²) in [6.45, 7) is 2.44. The Labute approximate surface area is 185 Å². The molecule has 9 nitrogen and oxygen atoms in total. The van der Waals surface area contributed by atoms with Gasteiger partial charge < -0.3 is 9.80 Å². The zero-order valence-corrected chi connectivity index (χ0v) is 18.8. The molecule has 0 bridgehead atoms. The van der Waals surface area contributed by atoms with Gasteiger partial charge in [-0.25, -0.2) is 8.42 Å². The van der Waals surface area contributed by atoms with E-state index >= 15 is 0 Å². The van der Waals surface area contributed by atoms with Gasteiger partial charge in [-0.3, -0.25) is 9.59 Å². The van der Waals surface area contributed by atoms with Gasteiger partial charge in [0.15, 0.2) is 0 Å². The van der Waals surface area contributed by atoms with Crippen molar-refractivity contribution >= 4 is 44.6 Å². The van der Waals surface area contributed by atoms with Crippen LogP contribution in [0.4, 0.5) is 0 Å². The number of amides is 2. The number of hydrogen-bond acceptors (Lipinski definition) is 7. The van der Waals surface area contributed by atoms with Gasteiger partial charge in [-0.1, -0.05) is 6.07 Å². The number of carbonyl (C=O) groups excluding carboxylic acids is 2. The summed E-state index contributed by atoms with van der Waals surface area (Å²) in [4.78, 5) is 29.2. The molecule has 1 aromatic heterocycles. The van der Waals surface area contributed by atoms with Crippen LogP contribution in [0.2, 0.25) is 0 Å². The van der Waals surface area contributed by atoms with Crippen LogP contribution >= 0.6 is 11.7 Å². The summed E-state index contributed by atoms with van der Waals surface area (Å²) in [5.74, 6) is 0.213. The quantitative estimate of drug-likeness (QED) is 0.674. The van der Waals surface area contributed by atoms with E-state index in [1.165, 1.54) is 4.31 Å². The summed E-state index contributed by atoms with van der Waals surface area (Å²) in [5.41, 5.74) is 0.969. The van der Waals surface area contributed by atoms with E-state index in [-0.39, 0.29) is 41.6 Å². The first-order valence-corrected chi connectivity index (χ1v) is 12.9. The summed E-state index contributed by atoms with van der Waals surface area (Å²) >= 11 is 0.994. The number of carbonyl (C=O) groups is 2. The highest BCUT2D eigenvalue weighted by atomic mass is 32.2. The molecule has 2 saturated heterocycles. The lowest BCUT2D eigenvalue weighted by atomic mass is 9.96. The van der Waals surface area contributed by atoms with Crippen molar-refractivity contribution < 1.29 is 18.0 Å². The van der Waals surface area contributed by atoms with E-state index in [0.29, 0.717) is 30.7 Å². The zero-order valence-electron chi connectivity index (χ0n) is 17.1. The largest absolute Gasteiger partial charge is 0.342 e. The summed E-state index contributed by atoms with van der Waals surface area (Å²) in [5, 5.41) is 0. The number of likely N-dealkylation sites (tertiary alicyclic amines) is 1. The second-order valence-corrected chi connectivity index (χ2v) is 10.9. The van der Waals surface area contributed by atoms with E-state index in [0.717, 1.165) is 44.0 Å². The third-order valence-electron chi connectivity index (χ3n) is 6.43. The molecule has 2 amide bonds. The van der Waals surface area contributed by atoms with Gasteiger partial charge in [0.1, 0.15) is 15.9 Å². The molecular weight excluding hydrogens is 438 g/mol. The number of piperazine rings is 1. The Morgan fingerprint density at radius 3 is 2.39 bits per heavy atom. The van der Waals surface area contributed by atoms with E-state index in [2.05, 4.69) is 8.75 Å². The van der Waals surface area contributed by atoms with Crippen molar-refractivity contribution in [3.05, 3.63) is 18.2 Å². The maximum atomic E-state index is 13.2. The second-order valence-electron chi connectivity index (χ2n) is 8.52. The number of hydrogen-bond donors (Lipinski definition) is 0. The minimum absolute atomic E-state index is 0.0381. The lowest BCUT2D eigenvalue weighted by molar-refractivity contribution is -0.142. The third kappa shape index (κ3) is 3.94. The molecule has 1 atom stereocenters. The Hall–Kier alpha value is -2.11. The van der Waals surface area contributed by atoms with Crippen LogP contribution in [0.5, 0.6) is 0 Å². The van der Waals surface area contributed by atoms with Gasteiger partial charge in [0.2, 0.25) is 21.8 Å². The fraction of sp³-hybridized carbons (Fsp3) is 0.600. The van der Waals surface area contributed by atoms with E-state index in [4.69, 9.17) is 0 Å². The molecule has 0 spiro atoms. The fourth-order valence-electron chi connectivity index (χ4n) is 4.50. The van der Waals surface area contributed by atoms with Crippen molar-refractivity contribution in [1.29, 1.82) is 0 Å². The first-order chi connectivity index (χ1) is 14.9. The molecule has 0 N–H and O–H groups in total. The van der Waals surface area contributed by atoms with Crippen molar-refractivity contribution in [3.8, 4) is 0 Å². The van der Waals surface area contributed by atoms with Gasteiger partial charge in [0.25, 0.3) is 0 Å². The Morgan fingerprint density at radius 2 is 1.65 bits per heavy atom. The topological polar surface area (TPSA) is 104 Å². The predicted octanol–water partition coefficient (Wildman–Crippen LogP) is 1.17. The highest BCUT2D eigenvalue weighted by Crippen LogP contribution is 2.33. The Kier molecular flexibility index (Phi) is 5.43. The van der Waals surface area contributed by atoms with E-state index in [1.807, 2.05) is 4.90 Å². The van der Waals surface area contributed by atoms with Gasteiger partial charge in [-0.2, -0.15) is 13.1 Å². The maximum absolute atomic E-state index is 13.2. The molecule has 5 rings (SSSR count). The Balaban J connectivity index is 1.23. The zero-order chi connectivity index (χ0) is 21.6. The summed E-state index contributed by atoms with van der Waals surface area (Å²) in [7, 11) is -3.71. The molecule has 3 fully saturated rings. The van der Waals surface area contributed by atoms with Crippen molar-refractivity contribution in [3.63, 3.8) is 0 Å². The average Bonchev–Trinajstić information content (AvgIpc) is 3.54. The summed E-state index contributed by atoms with van der Waals surface area (Å²) < 4.78 is 36.1. The van der Waals surface area contributed by atoms with Crippen LogP contribution in [-0.4, -0.2) is 82.4 Å². The fourth-order valence-corrected chi connectivity index (χ4v) is 6.68. The van der Waals surface area contributed by atoms with Crippen LogP contribution in [0.25, 0.3) is 11.0 Å². The highest BCUT2D eigenvalue weighted by Gasteiger charge is 2.39. The molecule has 1 aromatic carbocycles. The van der Waals surface area contributed by atoms with Crippen LogP contribution < -0.4 is 0 Å². The number of rotatable bonds is 4. The number of piperidine rings is 1. The molecule has 166 valence electrons. The normalized spacial score (nSPS) is 23.3. The molecule has 0 radical (unpaired) electrons. The van der Waals surface area contributed by atoms with Gasteiger partial charge >= 0.3 is 0 Å². The van der Waals surface area contributed by atoms with Gasteiger partial charge in [0.05, 0.1) is 17.6 Å². The smallest absolute Gasteiger partial charge is 0.245 e. The van der Waals surface area contributed by atoms with Gasteiger partial charge in [-0.15, -0.1) is 0 Å². The summed E-state index contributed by atoms with van der Waals surface area (Å²) in [6.07, 6.45) is 3.56. The van der Waals surface area contributed by atoms with Crippen LogP contribution in [0.15, 0.2) is 23.1 Å².